The smallest absolute Gasteiger partial charge is 0.341 e. The van der Waals surface area contributed by atoms with Crippen molar-refractivity contribution in [2.24, 2.45) is 5.92 Å². The predicted octanol–water partition coefficient (Wildman–Crippen LogP) is 3.38. The molecule has 21 heavy (non-hydrogen) atoms. The third-order valence-corrected chi connectivity index (χ3v) is 3.11. The van der Waals surface area contributed by atoms with Crippen molar-refractivity contribution >= 4 is 5.97 Å². The molecule has 0 radical (unpaired) electrons. The minimum Gasteiger partial charge on any atom is -0.477 e. The van der Waals surface area contributed by atoms with Crippen molar-refractivity contribution in [1.29, 1.82) is 0 Å². The lowest BCUT2D eigenvalue weighted by molar-refractivity contribution is 0.0695. The molecule has 0 aliphatic rings. The summed E-state index contributed by atoms with van der Waals surface area (Å²) >= 11 is 0. The molecule has 5 heteroatoms. The number of aromatic carboxylic acids is 1. The summed E-state index contributed by atoms with van der Waals surface area (Å²) in [6, 6.07) is 7.44. The van der Waals surface area contributed by atoms with Gasteiger partial charge in [-0.3, -0.25) is 0 Å². The van der Waals surface area contributed by atoms with E-state index in [1.165, 1.54) is 0 Å². The quantitative estimate of drug-likeness (QED) is 0.882. The number of benzene rings is 1. The normalized spacial score (nSPS) is 11.0. The molecular weight excluding hydrogens is 270 g/mol. The van der Waals surface area contributed by atoms with Crippen molar-refractivity contribution < 1.29 is 19.2 Å². The summed E-state index contributed by atoms with van der Waals surface area (Å²) in [6.45, 7) is 4.53. The minimum atomic E-state index is -1.01. The first kappa shape index (κ1) is 15.3. The van der Waals surface area contributed by atoms with Crippen LogP contribution in [0.5, 0.6) is 0 Å². The Hall–Kier alpha value is -2.14. The number of hydrogen-bond acceptors (Lipinski definition) is 4. The average molecular weight is 289 g/mol. The standard InChI is InChI=1S/C16H19NO4/c1-10(2)8-13-14(16(18)19)15(17-21-13)12-6-4-11(5-7-12)9-20-3/h4-7,10H,8-9H2,1-3H3,(H,18,19). The van der Waals surface area contributed by atoms with Crippen LogP contribution in [-0.4, -0.2) is 23.3 Å². The van der Waals surface area contributed by atoms with Gasteiger partial charge in [0.15, 0.2) is 5.76 Å². The molecule has 1 aromatic heterocycles. The number of carbonyl (C=O) groups is 1. The van der Waals surface area contributed by atoms with Gasteiger partial charge in [-0.1, -0.05) is 43.3 Å². The van der Waals surface area contributed by atoms with E-state index in [-0.39, 0.29) is 5.56 Å². The number of ether oxygens (including phenoxy) is 1. The van der Waals surface area contributed by atoms with Crippen LogP contribution in [0.25, 0.3) is 11.3 Å². The highest BCUT2D eigenvalue weighted by Gasteiger charge is 2.23. The lowest BCUT2D eigenvalue weighted by Crippen LogP contribution is -2.04. The Balaban J connectivity index is 2.38. The molecule has 0 saturated heterocycles. The van der Waals surface area contributed by atoms with Crippen LogP contribution in [0.15, 0.2) is 28.8 Å². The van der Waals surface area contributed by atoms with Gasteiger partial charge in [-0.25, -0.2) is 4.79 Å². The van der Waals surface area contributed by atoms with Gasteiger partial charge in [0, 0.05) is 19.1 Å². The predicted molar refractivity (Wildman–Crippen MR) is 78.2 cm³/mol. The highest BCUT2D eigenvalue weighted by Crippen LogP contribution is 2.27. The topological polar surface area (TPSA) is 72.6 Å². The monoisotopic (exact) mass is 289 g/mol. The van der Waals surface area contributed by atoms with Gasteiger partial charge < -0.3 is 14.4 Å². The summed E-state index contributed by atoms with van der Waals surface area (Å²) in [7, 11) is 1.63. The van der Waals surface area contributed by atoms with Crippen LogP contribution in [0.4, 0.5) is 0 Å². The highest BCUT2D eigenvalue weighted by atomic mass is 16.5. The third-order valence-electron chi connectivity index (χ3n) is 3.11. The van der Waals surface area contributed by atoms with Crippen molar-refractivity contribution in [3.63, 3.8) is 0 Å². The largest absolute Gasteiger partial charge is 0.477 e. The number of carboxylic acids is 1. The molecule has 1 heterocycles. The molecular formula is C16H19NO4. The average Bonchev–Trinajstić information content (AvgIpc) is 2.83. The van der Waals surface area contributed by atoms with E-state index < -0.39 is 5.97 Å². The fraction of sp³-hybridized carbons (Fsp3) is 0.375. The Morgan fingerprint density at radius 3 is 2.52 bits per heavy atom. The fourth-order valence-corrected chi connectivity index (χ4v) is 2.18. The second kappa shape index (κ2) is 6.54. The van der Waals surface area contributed by atoms with E-state index in [1.54, 1.807) is 7.11 Å². The van der Waals surface area contributed by atoms with Crippen LogP contribution >= 0.6 is 0 Å². The molecule has 5 nitrogen and oxygen atoms in total. The first-order chi connectivity index (χ1) is 10.0. The van der Waals surface area contributed by atoms with Gasteiger partial charge in [0.1, 0.15) is 11.3 Å². The molecule has 1 aromatic carbocycles. The van der Waals surface area contributed by atoms with Crippen LogP contribution in [0.2, 0.25) is 0 Å². The molecule has 0 unspecified atom stereocenters. The summed E-state index contributed by atoms with van der Waals surface area (Å²) in [6.07, 6.45) is 0.552. The zero-order chi connectivity index (χ0) is 15.4. The van der Waals surface area contributed by atoms with Crippen LogP contribution in [0, 0.1) is 5.92 Å². The van der Waals surface area contributed by atoms with Gasteiger partial charge in [0.05, 0.1) is 6.61 Å². The Labute approximate surface area is 123 Å². The van der Waals surface area contributed by atoms with Crippen molar-refractivity contribution in [2.45, 2.75) is 26.9 Å². The highest BCUT2D eigenvalue weighted by molar-refractivity contribution is 5.95. The SMILES string of the molecule is COCc1ccc(-c2noc(CC(C)C)c2C(=O)O)cc1. The van der Waals surface area contributed by atoms with E-state index in [0.717, 1.165) is 11.1 Å². The molecule has 0 amide bonds. The zero-order valence-electron chi connectivity index (χ0n) is 12.4. The molecule has 2 aromatic rings. The van der Waals surface area contributed by atoms with E-state index in [2.05, 4.69) is 5.16 Å². The van der Waals surface area contributed by atoms with Gasteiger partial charge >= 0.3 is 5.97 Å². The Kier molecular flexibility index (Phi) is 4.75. The van der Waals surface area contributed by atoms with E-state index in [0.29, 0.717) is 30.4 Å². The second-order valence-electron chi connectivity index (χ2n) is 5.36. The van der Waals surface area contributed by atoms with Crippen molar-refractivity contribution in [1.82, 2.24) is 5.16 Å². The maximum Gasteiger partial charge on any atom is 0.341 e. The molecule has 0 aliphatic carbocycles. The molecule has 0 spiro atoms. The summed E-state index contributed by atoms with van der Waals surface area (Å²) in [5, 5.41) is 13.4. The van der Waals surface area contributed by atoms with Crippen molar-refractivity contribution in [3.05, 3.63) is 41.2 Å². The lowest BCUT2D eigenvalue weighted by Gasteiger charge is -2.03. The minimum absolute atomic E-state index is 0.156. The summed E-state index contributed by atoms with van der Waals surface area (Å²) < 4.78 is 10.3. The molecule has 0 bridgehead atoms. The first-order valence-electron chi connectivity index (χ1n) is 6.83. The summed E-state index contributed by atoms with van der Waals surface area (Å²) in [5.41, 5.74) is 2.28. The van der Waals surface area contributed by atoms with Crippen molar-refractivity contribution in [3.8, 4) is 11.3 Å². The van der Waals surface area contributed by atoms with Crippen LogP contribution in [0.3, 0.4) is 0 Å². The van der Waals surface area contributed by atoms with E-state index >= 15 is 0 Å². The van der Waals surface area contributed by atoms with Crippen LogP contribution in [0.1, 0.15) is 35.5 Å². The molecule has 112 valence electrons. The number of nitrogens with zero attached hydrogens (tertiary/aromatic N) is 1. The van der Waals surface area contributed by atoms with E-state index in [4.69, 9.17) is 9.26 Å². The van der Waals surface area contributed by atoms with Gasteiger partial charge in [-0.05, 0) is 11.5 Å². The Morgan fingerprint density at radius 2 is 2.00 bits per heavy atom. The third kappa shape index (κ3) is 3.49. The number of rotatable bonds is 6. The van der Waals surface area contributed by atoms with E-state index in [1.807, 2.05) is 38.1 Å². The zero-order valence-corrected chi connectivity index (χ0v) is 12.4. The van der Waals surface area contributed by atoms with Gasteiger partial charge in [0.25, 0.3) is 0 Å². The maximum absolute atomic E-state index is 11.5. The summed E-state index contributed by atoms with van der Waals surface area (Å²) in [4.78, 5) is 11.5. The van der Waals surface area contributed by atoms with Gasteiger partial charge in [-0.15, -0.1) is 0 Å². The van der Waals surface area contributed by atoms with Crippen LogP contribution in [-0.2, 0) is 17.8 Å². The molecule has 0 fully saturated rings. The van der Waals surface area contributed by atoms with Crippen LogP contribution < -0.4 is 0 Å². The Bertz CT molecular complexity index is 614. The molecule has 1 N–H and O–H groups in total. The van der Waals surface area contributed by atoms with Crippen molar-refractivity contribution in [2.75, 3.05) is 7.11 Å². The lowest BCUT2D eigenvalue weighted by atomic mass is 10.0. The fourth-order valence-electron chi connectivity index (χ4n) is 2.18. The second-order valence-corrected chi connectivity index (χ2v) is 5.36. The maximum atomic E-state index is 11.5. The van der Waals surface area contributed by atoms with Gasteiger partial charge in [0.2, 0.25) is 0 Å². The molecule has 0 saturated carbocycles. The number of carboxylic acid groups (broad SMARTS) is 1. The molecule has 2 rings (SSSR count). The summed E-state index contributed by atoms with van der Waals surface area (Å²) in [5.74, 6) is -0.288. The number of methoxy groups -OCH3 is 1. The van der Waals surface area contributed by atoms with Gasteiger partial charge in [-0.2, -0.15) is 0 Å². The molecule has 0 atom stereocenters. The molecule has 0 aliphatic heterocycles. The van der Waals surface area contributed by atoms with E-state index in [9.17, 15) is 9.90 Å². The Morgan fingerprint density at radius 1 is 1.33 bits per heavy atom. The number of hydrogen-bond donors (Lipinski definition) is 1. The first-order valence-corrected chi connectivity index (χ1v) is 6.83. The number of aromatic nitrogens is 1.